The molecule has 0 saturated carbocycles. The van der Waals surface area contributed by atoms with E-state index in [9.17, 15) is 0 Å². The smallest absolute Gasteiger partial charge is 0.0779 e. The Bertz CT molecular complexity index is 1100. The highest BCUT2D eigenvalue weighted by molar-refractivity contribution is 6.63. The number of allylic oxidation sites excluding steroid dienone is 4. The van der Waals surface area contributed by atoms with Gasteiger partial charge in [-0.3, -0.25) is 0 Å². The van der Waals surface area contributed by atoms with Crippen molar-refractivity contribution in [2.75, 3.05) is 0 Å². The maximum absolute atomic E-state index is 2.37. The van der Waals surface area contributed by atoms with E-state index in [1.54, 1.807) is 0 Å². The molecule has 0 atom stereocenters. The minimum Gasteiger partial charge on any atom is -0.0779 e. The van der Waals surface area contributed by atoms with Crippen molar-refractivity contribution in [1.29, 1.82) is 0 Å². The molecule has 0 aliphatic heterocycles. The third-order valence-electron chi connectivity index (χ3n) is 5.45. The van der Waals surface area contributed by atoms with Crippen molar-refractivity contribution in [3.8, 4) is 22.3 Å². The van der Waals surface area contributed by atoms with Crippen LogP contribution >= 0.6 is 0 Å². The van der Waals surface area contributed by atoms with Crippen molar-refractivity contribution in [1.82, 2.24) is 0 Å². The topological polar surface area (TPSA) is 0 Å². The van der Waals surface area contributed by atoms with Crippen LogP contribution in [0.1, 0.15) is 35.6 Å². The summed E-state index contributed by atoms with van der Waals surface area (Å²) in [5, 5.41) is 2.98. The first kappa shape index (κ1) is 19.7. The van der Waals surface area contributed by atoms with Gasteiger partial charge in [0.15, 0.2) is 0 Å². The molecule has 4 rings (SSSR count). The molecule has 0 saturated heterocycles. The summed E-state index contributed by atoms with van der Waals surface area (Å²) in [7, 11) is 0.707. The van der Waals surface area contributed by atoms with E-state index in [4.69, 9.17) is 0 Å². The zero-order chi connectivity index (χ0) is 20.5. The molecule has 0 bridgehead atoms. The molecule has 1 heteroatoms. The second-order valence-corrected chi connectivity index (χ2v) is 9.86. The molecule has 1 aliphatic carbocycles. The van der Waals surface area contributed by atoms with Crippen molar-refractivity contribution in [3.05, 3.63) is 99.8 Å². The Hall–Kier alpha value is -2.64. The van der Waals surface area contributed by atoms with Gasteiger partial charge in [0.2, 0.25) is 0 Å². The molecule has 3 aromatic carbocycles. The monoisotopic (exact) mass is 392 g/mol. The summed E-state index contributed by atoms with van der Waals surface area (Å²) in [5.74, 6) is 0. The molecular weight excluding hydrogens is 364 g/mol. The van der Waals surface area contributed by atoms with Gasteiger partial charge in [-0.05, 0) is 63.3 Å². The maximum atomic E-state index is 2.37. The summed E-state index contributed by atoms with van der Waals surface area (Å²) >= 11 is 0. The highest BCUT2D eigenvalue weighted by Gasteiger charge is 2.16. The molecule has 3 aromatic rings. The Morgan fingerprint density at radius 3 is 1.83 bits per heavy atom. The lowest BCUT2D eigenvalue weighted by Crippen LogP contribution is -2.19. The average Bonchev–Trinajstić information content (AvgIpc) is 3.04. The van der Waals surface area contributed by atoms with E-state index in [0.717, 1.165) is 6.42 Å². The average molecular weight is 393 g/mol. The summed E-state index contributed by atoms with van der Waals surface area (Å²) in [4.78, 5) is 0. The predicted octanol–water partition coefficient (Wildman–Crippen LogP) is 6.82. The second kappa shape index (κ2) is 8.00. The molecule has 144 valence electrons. The largest absolute Gasteiger partial charge is 0.117 e. The summed E-state index contributed by atoms with van der Waals surface area (Å²) < 4.78 is 0. The first-order valence-corrected chi connectivity index (χ1v) is 11.3. The Morgan fingerprint density at radius 2 is 1.28 bits per heavy atom. The standard InChI is InChI=1S/C28H28Si/c1-18-9-10-25(17-18)29-27-8-6-7-26(23-13-19(2)11-20(3)14-23)28(27)24-15-21(4)12-22(5)16-24/h6-9,11-17H,10H2,1-5H3. The van der Waals surface area contributed by atoms with E-state index in [1.807, 2.05) is 0 Å². The van der Waals surface area contributed by atoms with E-state index in [0.29, 0.717) is 9.52 Å². The van der Waals surface area contributed by atoms with Crippen LogP contribution in [0.25, 0.3) is 22.3 Å². The van der Waals surface area contributed by atoms with E-state index in [2.05, 4.69) is 101 Å². The van der Waals surface area contributed by atoms with E-state index >= 15 is 0 Å². The SMILES string of the molecule is CC1=CCC([Si]c2cccc(-c3cc(C)cc(C)c3)c2-c2cc(C)cc(C)c2)=C1. The van der Waals surface area contributed by atoms with Gasteiger partial charge in [-0.15, -0.1) is 0 Å². The number of aryl methyl sites for hydroxylation is 4. The third-order valence-corrected chi connectivity index (χ3v) is 6.80. The third kappa shape index (κ3) is 4.36. The molecule has 0 fully saturated rings. The highest BCUT2D eigenvalue weighted by Crippen LogP contribution is 2.33. The summed E-state index contributed by atoms with van der Waals surface area (Å²) in [5.41, 5.74) is 12.1. The van der Waals surface area contributed by atoms with Crippen LogP contribution in [0.15, 0.2) is 77.5 Å². The number of rotatable bonds is 4. The lowest BCUT2D eigenvalue weighted by molar-refractivity contribution is 1.37. The molecule has 0 heterocycles. The van der Waals surface area contributed by atoms with Crippen molar-refractivity contribution in [2.45, 2.75) is 41.0 Å². The lowest BCUT2D eigenvalue weighted by Gasteiger charge is -2.18. The minimum absolute atomic E-state index is 0.707. The molecule has 1 aliphatic rings. The van der Waals surface area contributed by atoms with Crippen molar-refractivity contribution in [3.63, 3.8) is 0 Å². The van der Waals surface area contributed by atoms with Gasteiger partial charge in [0.1, 0.15) is 9.52 Å². The van der Waals surface area contributed by atoms with Gasteiger partial charge in [-0.25, -0.2) is 0 Å². The van der Waals surface area contributed by atoms with Gasteiger partial charge in [0.05, 0.1) is 0 Å². The molecule has 0 aromatic heterocycles. The molecule has 0 N–H and O–H groups in total. The first-order chi connectivity index (χ1) is 13.9. The molecule has 0 spiro atoms. The maximum Gasteiger partial charge on any atom is 0.117 e. The van der Waals surface area contributed by atoms with Gasteiger partial charge >= 0.3 is 0 Å². The molecule has 2 radical (unpaired) electrons. The summed E-state index contributed by atoms with van der Waals surface area (Å²) in [6.07, 6.45) is 5.80. The van der Waals surface area contributed by atoms with Crippen molar-refractivity contribution >= 4 is 14.7 Å². The Morgan fingerprint density at radius 1 is 0.690 bits per heavy atom. The Balaban J connectivity index is 1.93. The van der Waals surface area contributed by atoms with E-state index in [-0.39, 0.29) is 0 Å². The van der Waals surface area contributed by atoms with Crippen LogP contribution in [0.4, 0.5) is 0 Å². The van der Waals surface area contributed by atoms with Gasteiger partial charge in [0.25, 0.3) is 0 Å². The molecule has 0 nitrogen and oxygen atoms in total. The van der Waals surface area contributed by atoms with Crippen molar-refractivity contribution < 1.29 is 0 Å². The number of hydrogen-bond acceptors (Lipinski definition) is 0. The van der Waals surface area contributed by atoms with E-state index in [1.165, 1.54) is 60.5 Å². The van der Waals surface area contributed by atoms with Crippen LogP contribution in [0.3, 0.4) is 0 Å². The fourth-order valence-corrected chi connectivity index (χ4v) is 5.81. The van der Waals surface area contributed by atoms with Crippen LogP contribution < -0.4 is 5.19 Å². The normalized spacial score (nSPS) is 13.4. The first-order valence-electron chi connectivity index (χ1n) is 10.3. The predicted molar refractivity (Wildman–Crippen MR) is 128 cm³/mol. The van der Waals surface area contributed by atoms with Crippen LogP contribution in [0, 0.1) is 27.7 Å². The zero-order valence-corrected chi connectivity index (χ0v) is 19.1. The molecule has 0 amide bonds. The second-order valence-electron chi connectivity index (χ2n) is 8.43. The summed E-state index contributed by atoms with van der Waals surface area (Å²) in [6, 6.07) is 20.7. The molecule has 29 heavy (non-hydrogen) atoms. The van der Waals surface area contributed by atoms with Crippen LogP contribution in [-0.4, -0.2) is 9.52 Å². The fraction of sp³-hybridized carbons (Fsp3) is 0.214. The highest BCUT2D eigenvalue weighted by atomic mass is 28.2. The molecular formula is C28H28Si. The Kier molecular flexibility index (Phi) is 5.43. The van der Waals surface area contributed by atoms with Crippen LogP contribution in [0.5, 0.6) is 0 Å². The quantitative estimate of drug-likeness (QED) is 0.427. The minimum atomic E-state index is 0.707. The lowest BCUT2D eigenvalue weighted by atomic mass is 9.91. The Labute approximate surface area is 177 Å². The zero-order valence-electron chi connectivity index (χ0n) is 18.1. The summed E-state index contributed by atoms with van der Waals surface area (Å²) in [6.45, 7) is 11.0. The molecule has 0 unspecified atom stereocenters. The number of benzene rings is 3. The van der Waals surface area contributed by atoms with Crippen LogP contribution in [-0.2, 0) is 0 Å². The van der Waals surface area contributed by atoms with Crippen molar-refractivity contribution in [2.24, 2.45) is 0 Å². The van der Waals surface area contributed by atoms with Gasteiger partial charge in [0, 0.05) is 0 Å². The van der Waals surface area contributed by atoms with Gasteiger partial charge < -0.3 is 0 Å². The van der Waals surface area contributed by atoms with Gasteiger partial charge in [-0.1, -0.05) is 105 Å². The van der Waals surface area contributed by atoms with Gasteiger partial charge in [-0.2, -0.15) is 0 Å². The van der Waals surface area contributed by atoms with E-state index < -0.39 is 0 Å². The van der Waals surface area contributed by atoms with Crippen LogP contribution in [0.2, 0.25) is 0 Å². The number of hydrogen-bond donors (Lipinski definition) is 0. The fourth-order valence-electron chi connectivity index (χ4n) is 4.38.